The number of hydrogen-bond donors (Lipinski definition) is 1. The smallest absolute Gasteiger partial charge is 0.407 e. The van der Waals surface area contributed by atoms with E-state index in [0.29, 0.717) is 24.3 Å². The van der Waals surface area contributed by atoms with Gasteiger partial charge in [-0.05, 0) is 32.6 Å². The molecule has 0 aromatic carbocycles. The van der Waals surface area contributed by atoms with Crippen LogP contribution >= 0.6 is 0 Å². The van der Waals surface area contributed by atoms with Crippen LogP contribution in [0.2, 0.25) is 0 Å². The molecule has 1 heterocycles. The van der Waals surface area contributed by atoms with Crippen LogP contribution in [-0.2, 0) is 4.74 Å². The highest BCUT2D eigenvalue weighted by atomic mass is 16.6. The first-order valence-electron chi connectivity index (χ1n) is 6.56. The van der Waals surface area contributed by atoms with E-state index >= 15 is 0 Å². The number of amides is 1. The molecule has 2 aliphatic rings. The fourth-order valence-electron chi connectivity index (χ4n) is 2.67. The van der Waals surface area contributed by atoms with Crippen LogP contribution in [-0.4, -0.2) is 42.8 Å². The molecule has 4 heteroatoms. The van der Waals surface area contributed by atoms with Crippen LogP contribution in [0.15, 0.2) is 0 Å². The number of carbonyl (C=O) groups excluding carboxylic acids is 1. The summed E-state index contributed by atoms with van der Waals surface area (Å²) in [5.74, 6) is 4.77. The Kier molecular flexibility index (Phi) is 3.54. The molecule has 0 aromatic heterocycles. The van der Waals surface area contributed by atoms with E-state index in [1.807, 2.05) is 20.8 Å². The number of ether oxygens (including phenoxy) is 1. The minimum Gasteiger partial charge on any atom is -0.444 e. The van der Waals surface area contributed by atoms with Crippen LogP contribution in [0.4, 0.5) is 4.79 Å². The molecule has 2 rings (SSSR count). The summed E-state index contributed by atoms with van der Waals surface area (Å²) >= 11 is 0. The minimum atomic E-state index is -0.431. The Morgan fingerprint density at radius 2 is 2.06 bits per heavy atom. The van der Waals surface area contributed by atoms with Crippen LogP contribution in [0.25, 0.3) is 0 Å². The molecule has 3 atom stereocenters. The Morgan fingerprint density at radius 1 is 1.44 bits per heavy atom. The van der Waals surface area contributed by atoms with Crippen molar-refractivity contribution in [2.24, 2.45) is 17.8 Å². The highest BCUT2D eigenvalue weighted by Gasteiger charge is 2.54. The molecule has 1 amide bonds. The minimum absolute atomic E-state index is 0.339. The van der Waals surface area contributed by atoms with Gasteiger partial charge in [-0.15, -0.1) is 12.3 Å². The summed E-state index contributed by atoms with van der Waals surface area (Å²) in [6.07, 6.45) is 5.09. The number of nitrogens with one attached hydrogen (secondary N) is 1. The quantitative estimate of drug-likeness (QED) is 0.768. The van der Waals surface area contributed by atoms with Crippen LogP contribution in [0.5, 0.6) is 0 Å². The molecule has 1 saturated heterocycles. The van der Waals surface area contributed by atoms with E-state index < -0.39 is 5.60 Å². The second-order valence-electron chi connectivity index (χ2n) is 6.21. The average molecular weight is 250 g/mol. The van der Waals surface area contributed by atoms with Crippen molar-refractivity contribution in [3.8, 4) is 12.3 Å². The molecule has 0 spiro atoms. The lowest BCUT2D eigenvalue weighted by Crippen LogP contribution is -2.38. The van der Waals surface area contributed by atoms with Gasteiger partial charge in [0.15, 0.2) is 0 Å². The Bertz CT molecular complexity index is 355. The zero-order valence-electron chi connectivity index (χ0n) is 11.4. The van der Waals surface area contributed by atoms with Crippen molar-refractivity contribution in [3.63, 3.8) is 0 Å². The van der Waals surface area contributed by atoms with Gasteiger partial charge in [-0.2, -0.15) is 0 Å². The Labute approximate surface area is 109 Å². The van der Waals surface area contributed by atoms with Crippen molar-refractivity contribution in [2.75, 3.05) is 26.2 Å². The monoisotopic (exact) mass is 250 g/mol. The van der Waals surface area contributed by atoms with Crippen molar-refractivity contribution >= 4 is 6.09 Å². The molecule has 100 valence electrons. The molecule has 4 nitrogen and oxygen atoms in total. The molecule has 1 aliphatic heterocycles. The number of likely N-dealkylation sites (tertiary alicyclic amines) is 1. The highest BCUT2D eigenvalue weighted by molar-refractivity contribution is 5.67. The van der Waals surface area contributed by atoms with Crippen LogP contribution in [0.1, 0.15) is 20.8 Å². The van der Waals surface area contributed by atoms with Gasteiger partial charge in [-0.3, -0.25) is 0 Å². The molecule has 2 fully saturated rings. The fourth-order valence-corrected chi connectivity index (χ4v) is 2.67. The lowest BCUT2D eigenvalue weighted by Gasteiger charge is -2.21. The Balaban J connectivity index is 1.58. The number of carbonyl (C=O) groups is 1. The largest absolute Gasteiger partial charge is 0.444 e. The number of piperidine rings is 1. The summed E-state index contributed by atoms with van der Waals surface area (Å²) < 4.78 is 5.17. The predicted octanol–water partition coefficient (Wildman–Crippen LogP) is 1.32. The van der Waals surface area contributed by atoms with Crippen molar-refractivity contribution in [1.82, 2.24) is 10.2 Å². The predicted molar refractivity (Wildman–Crippen MR) is 70.0 cm³/mol. The maximum Gasteiger partial charge on any atom is 0.407 e. The summed E-state index contributed by atoms with van der Waals surface area (Å²) in [4.78, 5) is 13.8. The van der Waals surface area contributed by atoms with E-state index in [4.69, 9.17) is 11.2 Å². The van der Waals surface area contributed by atoms with Crippen molar-refractivity contribution < 1.29 is 9.53 Å². The summed E-state index contributed by atoms with van der Waals surface area (Å²) in [6, 6.07) is 0. The number of terminal acetylenes is 1. The number of alkyl carbamates (subject to hydrolysis) is 1. The zero-order valence-corrected chi connectivity index (χ0v) is 11.4. The Morgan fingerprint density at radius 3 is 2.56 bits per heavy atom. The van der Waals surface area contributed by atoms with Crippen molar-refractivity contribution in [3.05, 3.63) is 0 Å². The van der Waals surface area contributed by atoms with Crippen LogP contribution in [0, 0.1) is 30.1 Å². The third-order valence-corrected chi connectivity index (χ3v) is 3.56. The van der Waals surface area contributed by atoms with Gasteiger partial charge in [-0.25, -0.2) is 4.79 Å². The molecule has 0 bridgehead atoms. The molecule has 0 radical (unpaired) electrons. The first-order valence-corrected chi connectivity index (χ1v) is 6.56. The molecular weight excluding hydrogens is 228 g/mol. The summed E-state index contributed by atoms with van der Waals surface area (Å²) in [5.41, 5.74) is -0.431. The molecule has 1 saturated carbocycles. The standard InChI is InChI=1S/C14H22N2O2/c1-5-10-11-8-16(9-12(10)11)7-6-15-13(17)18-14(2,3)4/h1,10-12H,6-9H2,2-4H3,(H,15,17)/t10-,11-,12+. The number of nitrogens with zero attached hydrogens (tertiary/aromatic N) is 1. The normalized spacial score (nSPS) is 30.4. The van der Waals surface area contributed by atoms with Crippen molar-refractivity contribution in [2.45, 2.75) is 26.4 Å². The van der Waals surface area contributed by atoms with E-state index in [-0.39, 0.29) is 6.09 Å². The number of hydrogen-bond acceptors (Lipinski definition) is 3. The molecule has 1 N–H and O–H groups in total. The van der Waals surface area contributed by atoms with Gasteiger partial charge in [0.05, 0.1) is 0 Å². The van der Waals surface area contributed by atoms with Crippen molar-refractivity contribution in [1.29, 1.82) is 0 Å². The molecule has 1 aliphatic carbocycles. The molecule has 0 unspecified atom stereocenters. The van der Waals surface area contributed by atoms with Gasteiger partial charge in [-0.1, -0.05) is 0 Å². The molecular formula is C14H22N2O2. The van der Waals surface area contributed by atoms with Gasteiger partial charge in [0, 0.05) is 32.1 Å². The maximum atomic E-state index is 11.4. The van der Waals surface area contributed by atoms with Gasteiger partial charge in [0.1, 0.15) is 5.60 Å². The van der Waals surface area contributed by atoms with E-state index in [0.717, 1.165) is 19.6 Å². The first-order chi connectivity index (χ1) is 8.40. The van der Waals surface area contributed by atoms with Crippen LogP contribution in [0.3, 0.4) is 0 Å². The fraction of sp³-hybridized carbons (Fsp3) is 0.786. The maximum absolute atomic E-state index is 11.4. The van der Waals surface area contributed by atoms with E-state index in [1.165, 1.54) is 0 Å². The van der Waals surface area contributed by atoms with E-state index in [2.05, 4.69) is 16.1 Å². The van der Waals surface area contributed by atoms with Gasteiger partial charge in [0.2, 0.25) is 0 Å². The van der Waals surface area contributed by atoms with Gasteiger partial charge in [0.25, 0.3) is 0 Å². The highest BCUT2D eigenvalue weighted by Crippen LogP contribution is 2.50. The molecule has 18 heavy (non-hydrogen) atoms. The summed E-state index contributed by atoms with van der Waals surface area (Å²) in [5, 5.41) is 2.78. The van der Waals surface area contributed by atoms with E-state index in [1.54, 1.807) is 0 Å². The second-order valence-corrected chi connectivity index (χ2v) is 6.21. The first kappa shape index (κ1) is 13.2. The lowest BCUT2D eigenvalue weighted by molar-refractivity contribution is 0.0523. The summed E-state index contributed by atoms with van der Waals surface area (Å²) in [7, 11) is 0. The third-order valence-electron chi connectivity index (χ3n) is 3.56. The SMILES string of the molecule is C#C[C@@H]1[C@H]2CN(CCNC(=O)OC(C)(C)C)C[C@@H]12. The van der Waals surface area contributed by atoms with Gasteiger partial charge < -0.3 is 15.0 Å². The van der Waals surface area contributed by atoms with Crippen LogP contribution < -0.4 is 5.32 Å². The number of fused-ring (bicyclic) bond motifs is 1. The lowest BCUT2D eigenvalue weighted by atomic mass is 10.2. The average Bonchev–Trinajstić information content (AvgIpc) is 2.70. The second kappa shape index (κ2) is 4.81. The Hall–Kier alpha value is -1.21. The number of rotatable bonds is 3. The third kappa shape index (κ3) is 3.17. The topological polar surface area (TPSA) is 41.6 Å². The summed E-state index contributed by atoms with van der Waals surface area (Å²) in [6.45, 7) is 9.26. The van der Waals surface area contributed by atoms with E-state index in [9.17, 15) is 4.79 Å². The zero-order chi connectivity index (χ0) is 13.3. The van der Waals surface area contributed by atoms with Gasteiger partial charge >= 0.3 is 6.09 Å². The molecule has 0 aromatic rings.